The first-order valence-corrected chi connectivity index (χ1v) is 12.4. The molecule has 1 aliphatic heterocycles. The van der Waals surface area contributed by atoms with Crippen LogP contribution in [0.3, 0.4) is 0 Å². The van der Waals surface area contributed by atoms with Crippen molar-refractivity contribution in [3.8, 4) is 11.5 Å². The molecule has 0 spiro atoms. The Morgan fingerprint density at radius 1 is 1.09 bits per heavy atom. The molecule has 4 rings (SSSR count). The number of ether oxygens (including phenoxy) is 3. The monoisotopic (exact) mass is 555 g/mol. The number of hydrogen-bond donors (Lipinski definition) is 0. The lowest BCUT2D eigenvalue weighted by atomic mass is 10.1. The fourth-order valence-corrected chi connectivity index (χ4v) is 5.04. The zero-order valence-corrected chi connectivity index (χ0v) is 21.5. The second kappa shape index (κ2) is 11.0. The molecule has 2 amide bonds. The Morgan fingerprint density at radius 3 is 2.63 bits per heavy atom. The van der Waals surface area contributed by atoms with Gasteiger partial charge in [-0.15, -0.1) is 0 Å². The Kier molecular flexibility index (Phi) is 7.77. The lowest BCUT2D eigenvalue weighted by molar-refractivity contribution is -0.143. The number of esters is 1. The molecule has 180 valence electrons. The van der Waals surface area contributed by atoms with Crippen molar-refractivity contribution in [2.75, 3.05) is 20.3 Å². The molecule has 3 aromatic carbocycles. The Hall–Kier alpha value is -3.30. The van der Waals surface area contributed by atoms with Gasteiger partial charge in [0.2, 0.25) is 0 Å². The molecule has 3 aromatic rings. The van der Waals surface area contributed by atoms with Crippen molar-refractivity contribution < 1.29 is 28.6 Å². The van der Waals surface area contributed by atoms with Crippen molar-refractivity contribution >= 4 is 61.7 Å². The third-order valence-electron chi connectivity index (χ3n) is 5.27. The molecule has 1 heterocycles. The number of hydrogen-bond acceptors (Lipinski definition) is 7. The second-order valence-corrected chi connectivity index (χ2v) is 9.38. The minimum atomic E-state index is -0.664. The first kappa shape index (κ1) is 24.8. The molecule has 0 radical (unpaired) electrons. The molecule has 7 nitrogen and oxygen atoms in total. The Morgan fingerprint density at radius 2 is 1.86 bits per heavy atom. The molecule has 0 bridgehead atoms. The summed E-state index contributed by atoms with van der Waals surface area (Å²) in [6, 6.07) is 17.7. The number of thioether (sulfide) groups is 1. The number of carbonyl (C=O) groups is 3. The summed E-state index contributed by atoms with van der Waals surface area (Å²) in [5.41, 5.74) is 1.68. The van der Waals surface area contributed by atoms with Gasteiger partial charge in [-0.1, -0.05) is 42.5 Å². The number of benzene rings is 3. The van der Waals surface area contributed by atoms with Crippen LogP contribution in [0.1, 0.15) is 18.1 Å². The predicted molar refractivity (Wildman–Crippen MR) is 138 cm³/mol. The molecule has 0 saturated carbocycles. The van der Waals surface area contributed by atoms with Gasteiger partial charge in [0.1, 0.15) is 13.2 Å². The zero-order chi connectivity index (χ0) is 24.9. The quantitative estimate of drug-likeness (QED) is 0.257. The molecule has 9 heteroatoms. The van der Waals surface area contributed by atoms with Gasteiger partial charge in [-0.05, 0) is 74.7 Å². The number of nitrogens with zero attached hydrogens (tertiary/aromatic N) is 1. The van der Waals surface area contributed by atoms with Gasteiger partial charge >= 0.3 is 5.97 Å². The van der Waals surface area contributed by atoms with Crippen LogP contribution in [-0.2, 0) is 20.9 Å². The van der Waals surface area contributed by atoms with E-state index in [0.29, 0.717) is 34.7 Å². The Labute approximate surface area is 215 Å². The normalized spacial score (nSPS) is 14.6. The Balaban J connectivity index is 1.59. The van der Waals surface area contributed by atoms with E-state index in [1.807, 2.05) is 31.2 Å². The van der Waals surface area contributed by atoms with Crippen LogP contribution in [0.15, 0.2) is 64.0 Å². The molecule has 1 fully saturated rings. The maximum Gasteiger partial charge on any atom is 0.325 e. The Bertz CT molecular complexity index is 1330. The molecular formula is C26H22BrNO6S. The van der Waals surface area contributed by atoms with Crippen molar-refractivity contribution in [1.29, 1.82) is 0 Å². The van der Waals surface area contributed by atoms with E-state index in [4.69, 9.17) is 9.47 Å². The van der Waals surface area contributed by atoms with Crippen molar-refractivity contribution in [2.24, 2.45) is 0 Å². The molecule has 1 aliphatic rings. The summed E-state index contributed by atoms with van der Waals surface area (Å²) in [5, 5.41) is 1.73. The minimum Gasteiger partial charge on any atom is -0.490 e. The van der Waals surface area contributed by atoms with Gasteiger partial charge in [0.25, 0.3) is 11.1 Å². The second-order valence-electron chi connectivity index (χ2n) is 7.53. The van der Waals surface area contributed by atoms with Crippen molar-refractivity contribution in [3.63, 3.8) is 0 Å². The van der Waals surface area contributed by atoms with E-state index in [1.165, 1.54) is 7.11 Å². The van der Waals surface area contributed by atoms with Crippen LogP contribution in [0.2, 0.25) is 0 Å². The van der Waals surface area contributed by atoms with E-state index in [2.05, 4.69) is 38.9 Å². The van der Waals surface area contributed by atoms with Gasteiger partial charge in [0.05, 0.1) is 23.1 Å². The molecule has 0 aromatic heterocycles. The van der Waals surface area contributed by atoms with Gasteiger partial charge in [-0.3, -0.25) is 19.3 Å². The van der Waals surface area contributed by atoms with Crippen LogP contribution in [0.5, 0.6) is 11.5 Å². The lowest BCUT2D eigenvalue weighted by Crippen LogP contribution is -2.34. The van der Waals surface area contributed by atoms with Crippen LogP contribution in [0.25, 0.3) is 16.8 Å². The van der Waals surface area contributed by atoms with E-state index in [0.717, 1.165) is 33.0 Å². The first-order valence-electron chi connectivity index (χ1n) is 10.8. The third kappa shape index (κ3) is 5.52. The first-order chi connectivity index (χ1) is 16.9. The van der Waals surface area contributed by atoms with Gasteiger partial charge in [-0.25, -0.2) is 0 Å². The summed E-state index contributed by atoms with van der Waals surface area (Å²) in [5.74, 6) is -0.170. The SMILES string of the molecule is CCOc1cc(/C=C2\SC(=O)N(CC(=O)OC)C2=O)cc(Br)c1OCc1cccc2ccccc12. The number of carbonyl (C=O) groups excluding carboxylic acids is 3. The maximum absolute atomic E-state index is 12.6. The number of halogens is 1. The van der Waals surface area contributed by atoms with Crippen LogP contribution in [0.4, 0.5) is 4.79 Å². The number of methoxy groups -OCH3 is 1. The number of fused-ring (bicyclic) bond motifs is 1. The highest BCUT2D eigenvalue weighted by Crippen LogP contribution is 2.40. The highest BCUT2D eigenvalue weighted by Gasteiger charge is 2.36. The molecular weight excluding hydrogens is 534 g/mol. The summed E-state index contributed by atoms with van der Waals surface area (Å²) < 4.78 is 17.2. The summed E-state index contributed by atoms with van der Waals surface area (Å²) in [7, 11) is 1.20. The van der Waals surface area contributed by atoms with Crippen LogP contribution in [-0.4, -0.2) is 42.3 Å². The predicted octanol–water partition coefficient (Wildman–Crippen LogP) is 5.79. The zero-order valence-electron chi connectivity index (χ0n) is 19.1. The average molecular weight is 556 g/mol. The van der Waals surface area contributed by atoms with Gasteiger partial charge in [-0.2, -0.15) is 0 Å². The van der Waals surface area contributed by atoms with Crippen LogP contribution < -0.4 is 9.47 Å². The molecule has 0 atom stereocenters. The molecule has 0 unspecified atom stereocenters. The van der Waals surface area contributed by atoms with Gasteiger partial charge < -0.3 is 14.2 Å². The van der Waals surface area contributed by atoms with Gasteiger partial charge in [0.15, 0.2) is 11.5 Å². The number of imide groups is 1. The van der Waals surface area contributed by atoms with Crippen LogP contribution >= 0.6 is 27.7 Å². The minimum absolute atomic E-state index is 0.206. The standard InChI is InChI=1S/C26H22BrNO6S/c1-3-33-21-12-16(13-22-25(30)28(26(31)35-22)14-23(29)32-2)11-20(27)24(21)34-15-18-9-6-8-17-7-4-5-10-19(17)18/h4-13H,3,14-15H2,1-2H3/b22-13-. The highest BCUT2D eigenvalue weighted by molar-refractivity contribution is 9.10. The largest absolute Gasteiger partial charge is 0.490 e. The average Bonchev–Trinajstić information content (AvgIpc) is 3.10. The third-order valence-corrected chi connectivity index (χ3v) is 6.77. The van der Waals surface area contributed by atoms with E-state index in [1.54, 1.807) is 18.2 Å². The fraction of sp³-hybridized carbons (Fsp3) is 0.192. The highest BCUT2D eigenvalue weighted by atomic mass is 79.9. The molecule has 0 aliphatic carbocycles. The molecule has 35 heavy (non-hydrogen) atoms. The van der Waals surface area contributed by atoms with E-state index in [9.17, 15) is 14.4 Å². The topological polar surface area (TPSA) is 82.1 Å². The number of rotatable bonds is 8. The lowest BCUT2D eigenvalue weighted by Gasteiger charge is -2.16. The van der Waals surface area contributed by atoms with Crippen molar-refractivity contribution in [2.45, 2.75) is 13.5 Å². The van der Waals surface area contributed by atoms with Crippen molar-refractivity contribution in [3.05, 3.63) is 75.1 Å². The van der Waals surface area contributed by atoms with E-state index in [-0.39, 0.29) is 4.91 Å². The summed E-state index contributed by atoms with van der Waals surface area (Å²) in [6.45, 7) is 2.20. The fourth-order valence-electron chi connectivity index (χ4n) is 3.62. The van der Waals surface area contributed by atoms with E-state index < -0.39 is 23.7 Å². The van der Waals surface area contributed by atoms with E-state index >= 15 is 0 Å². The summed E-state index contributed by atoms with van der Waals surface area (Å²) >= 11 is 4.33. The maximum atomic E-state index is 12.6. The van der Waals surface area contributed by atoms with Crippen molar-refractivity contribution in [1.82, 2.24) is 4.90 Å². The molecule has 0 N–H and O–H groups in total. The summed E-state index contributed by atoms with van der Waals surface area (Å²) in [6.07, 6.45) is 1.59. The van der Waals surface area contributed by atoms with Gasteiger partial charge in [0, 0.05) is 0 Å². The smallest absolute Gasteiger partial charge is 0.325 e. The summed E-state index contributed by atoms with van der Waals surface area (Å²) in [4.78, 5) is 37.4. The molecule has 1 saturated heterocycles. The van der Waals surface area contributed by atoms with Crippen LogP contribution in [0, 0.1) is 0 Å². The number of amides is 2.